The van der Waals surface area contributed by atoms with Crippen LogP contribution >= 0.6 is 0 Å². The van der Waals surface area contributed by atoms with Crippen LogP contribution in [-0.2, 0) is 6.18 Å². The third kappa shape index (κ3) is 2.75. The van der Waals surface area contributed by atoms with Gasteiger partial charge in [-0.1, -0.05) is 6.07 Å². The lowest BCUT2D eigenvalue weighted by molar-refractivity contribution is -0.141. The molecule has 6 heteroatoms. The van der Waals surface area contributed by atoms with Gasteiger partial charge in [0.1, 0.15) is 11.5 Å². The first-order valence-corrected chi connectivity index (χ1v) is 5.92. The van der Waals surface area contributed by atoms with E-state index < -0.39 is 11.9 Å². The van der Waals surface area contributed by atoms with Crippen LogP contribution in [0.25, 0.3) is 0 Å². The Bertz CT molecular complexity index is 419. The van der Waals surface area contributed by atoms with E-state index in [1.807, 2.05) is 18.7 Å². The van der Waals surface area contributed by atoms with Crippen molar-refractivity contribution >= 4 is 5.82 Å². The maximum atomic E-state index is 12.6. The van der Waals surface area contributed by atoms with Gasteiger partial charge in [-0.05, 0) is 26.0 Å². The third-order valence-corrected chi connectivity index (χ3v) is 3.08. The van der Waals surface area contributed by atoms with E-state index in [1.165, 1.54) is 6.07 Å². The number of halogens is 3. The number of pyridine rings is 1. The average Bonchev–Trinajstić information content (AvgIpc) is 2.31. The van der Waals surface area contributed by atoms with Crippen LogP contribution in [0.4, 0.5) is 19.0 Å². The molecule has 1 aromatic heterocycles. The van der Waals surface area contributed by atoms with Gasteiger partial charge in [0.25, 0.3) is 0 Å². The molecular formula is C12H16F3N3. The maximum absolute atomic E-state index is 12.6. The van der Waals surface area contributed by atoms with Crippen LogP contribution in [0.3, 0.4) is 0 Å². The van der Waals surface area contributed by atoms with Crippen molar-refractivity contribution in [2.45, 2.75) is 32.1 Å². The first-order chi connectivity index (χ1) is 8.38. The van der Waals surface area contributed by atoms with Gasteiger partial charge in [-0.2, -0.15) is 13.2 Å². The fourth-order valence-electron chi connectivity index (χ4n) is 2.08. The highest BCUT2D eigenvalue weighted by Crippen LogP contribution is 2.29. The molecule has 0 saturated carbocycles. The van der Waals surface area contributed by atoms with Gasteiger partial charge >= 0.3 is 6.18 Å². The second kappa shape index (κ2) is 4.76. The molecule has 0 aliphatic carbocycles. The highest BCUT2D eigenvalue weighted by Gasteiger charge is 2.33. The van der Waals surface area contributed by atoms with E-state index in [4.69, 9.17) is 0 Å². The standard InChI is InChI=1S/C12H16F3N3/c1-8-7-18(9(2)6-16-8)11-5-3-4-10(17-11)12(13,14)15/h3-5,8-9,16H,6-7H2,1-2H3. The summed E-state index contributed by atoms with van der Waals surface area (Å²) in [7, 11) is 0. The van der Waals surface area contributed by atoms with Gasteiger partial charge in [0.2, 0.25) is 0 Å². The van der Waals surface area contributed by atoms with Crippen LogP contribution in [0.2, 0.25) is 0 Å². The lowest BCUT2D eigenvalue weighted by Crippen LogP contribution is -2.54. The molecule has 1 N–H and O–H groups in total. The summed E-state index contributed by atoms with van der Waals surface area (Å²) in [6.07, 6.45) is -4.39. The first kappa shape index (κ1) is 13.1. The smallest absolute Gasteiger partial charge is 0.351 e. The van der Waals surface area contributed by atoms with E-state index in [1.54, 1.807) is 6.07 Å². The highest BCUT2D eigenvalue weighted by atomic mass is 19.4. The van der Waals surface area contributed by atoms with Crippen LogP contribution in [0.1, 0.15) is 19.5 Å². The normalized spacial score (nSPS) is 25.3. The average molecular weight is 259 g/mol. The van der Waals surface area contributed by atoms with Crippen LogP contribution < -0.4 is 10.2 Å². The quantitative estimate of drug-likeness (QED) is 0.838. The molecule has 1 aliphatic heterocycles. The molecule has 3 nitrogen and oxygen atoms in total. The van der Waals surface area contributed by atoms with Crippen LogP contribution in [-0.4, -0.2) is 30.2 Å². The van der Waals surface area contributed by atoms with Crippen molar-refractivity contribution in [2.75, 3.05) is 18.0 Å². The summed E-state index contributed by atoms with van der Waals surface area (Å²) in [6, 6.07) is 4.42. The summed E-state index contributed by atoms with van der Waals surface area (Å²) in [5.41, 5.74) is -0.835. The number of nitrogens with one attached hydrogen (secondary N) is 1. The van der Waals surface area contributed by atoms with E-state index in [2.05, 4.69) is 10.3 Å². The molecule has 0 spiro atoms. The first-order valence-electron chi connectivity index (χ1n) is 5.92. The number of aromatic nitrogens is 1. The van der Waals surface area contributed by atoms with Gasteiger partial charge in [0.15, 0.2) is 0 Å². The van der Waals surface area contributed by atoms with Crippen molar-refractivity contribution in [3.05, 3.63) is 23.9 Å². The Morgan fingerprint density at radius 1 is 1.33 bits per heavy atom. The molecule has 2 unspecified atom stereocenters. The number of anilines is 1. The monoisotopic (exact) mass is 259 g/mol. The van der Waals surface area contributed by atoms with E-state index in [0.29, 0.717) is 12.4 Å². The minimum Gasteiger partial charge on any atom is -0.351 e. The van der Waals surface area contributed by atoms with E-state index in [0.717, 1.165) is 12.6 Å². The molecule has 0 radical (unpaired) electrons. The summed E-state index contributed by atoms with van der Waals surface area (Å²) in [4.78, 5) is 5.64. The topological polar surface area (TPSA) is 28.2 Å². The largest absolute Gasteiger partial charge is 0.433 e. The number of rotatable bonds is 1. The van der Waals surface area contributed by atoms with Gasteiger partial charge in [-0.15, -0.1) is 0 Å². The molecule has 0 aromatic carbocycles. The Kier molecular flexibility index (Phi) is 3.47. The molecule has 18 heavy (non-hydrogen) atoms. The minimum absolute atomic E-state index is 0.136. The summed E-state index contributed by atoms with van der Waals surface area (Å²) in [5, 5.41) is 3.28. The van der Waals surface area contributed by atoms with Gasteiger partial charge in [0.05, 0.1) is 0 Å². The Morgan fingerprint density at radius 3 is 2.72 bits per heavy atom. The van der Waals surface area contributed by atoms with Gasteiger partial charge in [-0.25, -0.2) is 4.98 Å². The third-order valence-electron chi connectivity index (χ3n) is 3.08. The fourth-order valence-corrected chi connectivity index (χ4v) is 2.08. The molecule has 1 aliphatic rings. The Labute approximate surface area is 104 Å². The molecular weight excluding hydrogens is 243 g/mol. The number of alkyl halides is 3. The number of nitrogens with zero attached hydrogens (tertiary/aromatic N) is 2. The van der Waals surface area contributed by atoms with Gasteiger partial charge < -0.3 is 10.2 Å². The molecule has 1 aromatic rings. The van der Waals surface area contributed by atoms with Gasteiger partial charge in [-0.3, -0.25) is 0 Å². The summed E-state index contributed by atoms with van der Waals surface area (Å²) in [5.74, 6) is 0.394. The number of piperazine rings is 1. The predicted octanol–water partition coefficient (Wildman–Crippen LogP) is 2.29. The summed E-state index contributed by atoms with van der Waals surface area (Å²) < 4.78 is 37.8. The van der Waals surface area contributed by atoms with E-state index >= 15 is 0 Å². The molecule has 1 fully saturated rings. The second-order valence-corrected chi connectivity index (χ2v) is 4.69. The lowest BCUT2D eigenvalue weighted by atomic mass is 10.1. The molecule has 0 amide bonds. The minimum atomic E-state index is -4.39. The molecule has 1 saturated heterocycles. The van der Waals surface area contributed by atoms with Crippen molar-refractivity contribution in [1.82, 2.24) is 10.3 Å². The Balaban J connectivity index is 2.27. The highest BCUT2D eigenvalue weighted by molar-refractivity contribution is 5.42. The lowest BCUT2D eigenvalue weighted by Gasteiger charge is -2.38. The zero-order chi connectivity index (χ0) is 13.3. The number of hydrogen-bond acceptors (Lipinski definition) is 3. The van der Waals surface area contributed by atoms with E-state index in [-0.39, 0.29) is 12.1 Å². The molecule has 100 valence electrons. The van der Waals surface area contributed by atoms with Crippen LogP contribution in [0.15, 0.2) is 18.2 Å². The van der Waals surface area contributed by atoms with Crippen molar-refractivity contribution in [3.63, 3.8) is 0 Å². The molecule has 2 heterocycles. The predicted molar refractivity (Wildman–Crippen MR) is 63.5 cm³/mol. The number of hydrogen-bond donors (Lipinski definition) is 1. The van der Waals surface area contributed by atoms with Crippen molar-refractivity contribution in [3.8, 4) is 0 Å². The van der Waals surface area contributed by atoms with Crippen molar-refractivity contribution in [2.24, 2.45) is 0 Å². The second-order valence-electron chi connectivity index (χ2n) is 4.69. The molecule has 2 rings (SSSR count). The van der Waals surface area contributed by atoms with E-state index in [9.17, 15) is 13.2 Å². The zero-order valence-electron chi connectivity index (χ0n) is 10.3. The maximum Gasteiger partial charge on any atom is 0.433 e. The van der Waals surface area contributed by atoms with Crippen LogP contribution in [0, 0.1) is 0 Å². The fraction of sp³-hybridized carbons (Fsp3) is 0.583. The van der Waals surface area contributed by atoms with Crippen LogP contribution in [0.5, 0.6) is 0 Å². The molecule has 0 bridgehead atoms. The summed E-state index contributed by atoms with van der Waals surface area (Å²) in [6.45, 7) is 5.39. The summed E-state index contributed by atoms with van der Waals surface area (Å²) >= 11 is 0. The Hall–Kier alpha value is -1.30. The van der Waals surface area contributed by atoms with Gasteiger partial charge in [0, 0.05) is 25.2 Å². The Morgan fingerprint density at radius 2 is 2.06 bits per heavy atom. The van der Waals surface area contributed by atoms with Crippen molar-refractivity contribution in [1.29, 1.82) is 0 Å². The molecule has 2 atom stereocenters. The van der Waals surface area contributed by atoms with Crippen molar-refractivity contribution < 1.29 is 13.2 Å². The zero-order valence-corrected chi connectivity index (χ0v) is 10.3. The SMILES string of the molecule is CC1CN(c2cccc(C(F)(F)F)n2)C(C)CN1.